The van der Waals surface area contributed by atoms with Gasteiger partial charge in [0, 0.05) is 36.0 Å². The number of thiazole rings is 1. The van der Waals surface area contributed by atoms with Gasteiger partial charge in [0.05, 0.1) is 25.5 Å². The van der Waals surface area contributed by atoms with E-state index < -0.39 is 0 Å². The fourth-order valence-electron chi connectivity index (χ4n) is 3.19. The molecular formula is C21H25IN4O2S. The van der Waals surface area contributed by atoms with Crippen LogP contribution in [0.15, 0.2) is 58.3 Å². The topological polar surface area (TPSA) is 71.7 Å². The lowest BCUT2D eigenvalue weighted by atomic mass is 10.0. The molecule has 154 valence electrons. The highest BCUT2D eigenvalue weighted by Crippen LogP contribution is 2.31. The van der Waals surface area contributed by atoms with Crippen molar-refractivity contribution in [2.24, 2.45) is 4.99 Å². The van der Waals surface area contributed by atoms with Crippen molar-refractivity contribution in [3.05, 3.63) is 70.1 Å². The van der Waals surface area contributed by atoms with E-state index in [0.717, 1.165) is 41.9 Å². The number of furan rings is 1. The predicted octanol–water partition coefficient (Wildman–Crippen LogP) is 4.46. The number of halogens is 1. The number of hydrogen-bond acceptors (Lipinski definition) is 5. The summed E-state index contributed by atoms with van der Waals surface area (Å²) in [5, 5.41) is 8.01. The minimum absolute atomic E-state index is 0. The minimum atomic E-state index is 0. The molecule has 4 rings (SSSR count). The van der Waals surface area contributed by atoms with Gasteiger partial charge in [-0.15, -0.1) is 35.3 Å². The first-order valence-electron chi connectivity index (χ1n) is 9.48. The molecule has 1 aliphatic rings. The van der Waals surface area contributed by atoms with Crippen molar-refractivity contribution in [3.8, 4) is 5.75 Å². The fourth-order valence-corrected chi connectivity index (χ4v) is 3.90. The van der Waals surface area contributed by atoms with Gasteiger partial charge in [0.1, 0.15) is 16.5 Å². The van der Waals surface area contributed by atoms with Crippen LogP contribution in [0.5, 0.6) is 5.75 Å². The molecule has 2 N–H and O–H groups in total. The standard InChI is InChI=1S/C21H24N4O2S.HI/c1-15-13-23-20(28-15)14-24-21(22-10-8-16-5-4-11-26-16)25-18-9-12-27-19-7-3-2-6-17(18)19;/h2-7,11,13,18H,8-10,12,14H2,1H3,(H2,22,24,25);1H. The van der Waals surface area contributed by atoms with Crippen molar-refractivity contribution in [2.45, 2.75) is 32.4 Å². The van der Waals surface area contributed by atoms with Crippen LogP contribution < -0.4 is 15.4 Å². The number of aromatic nitrogens is 1. The van der Waals surface area contributed by atoms with Crippen LogP contribution in [0.2, 0.25) is 0 Å². The molecule has 0 aliphatic carbocycles. The van der Waals surface area contributed by atoms with E-state index in [-0.39, 0.29) is 30.0 Å². The Morgan fingerprint density at radius 3 is 2.97 bits per heavy atom. The van der Waals surface area contributed by atoms with Crippen molar-refractivity contribution in [1.29, 1.82) is 0 Å². The number of para-hydroxylation sites is 1. The van der Waals surface area contributed by atoms with Crippen LogP contribution >= 0.6 is 35.3 Å². The number of aliphatic imine (C=N–C) groups is 1. The van der Waals surface area contributed by atoms with Crippen LogP contribution in [0.4, 0.5) is 0 Å². The number of benzene rings is 1. The molecule has 0 radical (unpaired) electrons. The van der Waals surface area contributed by atoms with E-state index >= 15 is 0 Å². The minimum Gasteiger partial charge on any atom is -0.493 e. The Morgan fingerprint density at radius 1 is 1.28 bits per heavy atom. The van der Waals surface area contributed by atoms with Gasteiger partial charge in [-0.05, 0) is 25.1 Å². The van der Waals surface area contributed by atoms with Crippen LogP contribution in [-0.4, -0.2) is 24.1 Å². The lowest BCUT2D eigenvalue weighted by Crippen LogP contribution is -2.41. The van der Waals surface area contributed by atoms with Crippen molar-refractivity contribution in [1.82, 2.24) is 15.6 Å². The van der Waals surface area contributed by atoms with Gasteiger partial charge in [0.15, 0.2) is 5.96 Å². The average Bonchev–Trinajstić information content (AvgIpc) is 3.38. The Balaban J connectivity index is 0.00000240. The second kappa shape index (κ2) is 10.6. The molecule has 6 nitrogen and oxygen atoms in total. The third kappa shape index (κ3) is 5.96. The largest absolute Gasteiger partial charge is 0.493 e. The van der Waals surface area contributed by atoms with Gasteiger partial charge < -0.3 is 19.8 Å². The van der Waals surface area contributed by atoms with Gasteiger partial charge in [-0.25, -0.2) is 9.98 Å². The molecule has 0 fully saturated rings. The molecule has 0 amide bonds. The number of fused-ring (bicyclic) bond motifs is 1. The summed E-state index contributed by atoms with van der Waals surface area (Å²) in [5.74, 6) is 2.68. The number of aryl methyl sites for hydroxylation is 1. The molecule has 3 aromatic rings. The molecule has 1 aromatic carbocycles. The lowest BCUT2D eigenvalue weighted by molar-refractivity contribution is 0.261. The monoisotopic (exact) mass is 524 g/mol. The molecule has 1 aliphatic heterocycles. The zero-order valence-corrected chi connectivity index (χ0v) is 19.4. The molecule has 3 heterocycles. The van der Waals surface area contributed by atoms with E-state index in [1.807, 2.05) is 36.5 Å². The Hall–Kier alpha value is -2.07. The smallest absolute Gasteiger partial charge is 0.192 e. The van der Waals surface area contributed by atoms with Crippen LogP contribution in [0.3, 0.4) is 0 Å². The highest BCUT2D eigenvalue weighted by atomic mass is 127. The van der Waals surface area contributed by atoms with Crippen LogP contribution in [0, 0.1) is 6.92 Å². The highest BCUT2D eigenvalue weighted by molar-refractivity contribution is 14.0. The number of hydrogen-bond donors (Lipinski definition) is 2. The number of ether oxygens (including phenoxy) is 1. The van der Waals surface area contributed by atoms with Crippen LogP contribution in [-0.2, 0) is 13.0 Å². The second-order valence-electron chi connectivity index (χ2n) is 6.66. The van der Waals surface area contributed by atoms with Crippen LogP contribution in [0.1, 0.15) is 33.7 Å². The molecule has 8 heteroatoms. The summed E-state index contributed by atoms with van der Waals surface area (Å²) in [6.07, 6.45) is 5.29. The summed E-state index contributed by atoms with van der Waals surface area (Å²) < 4.78 is 11.2. The summed E-state index contributed by atoms with van der Waals surface area (Å²) in [7, 11) is 0. The average molecular weight is 524 g/mol. The molecule has 0 bridgehead atoms. The molecule has 2 aromatic heterocycles. The summed E-state index contributed by atoms with van der Waals surface area (Å²) in [5.41, 5.74) is 1.17. The van der Waals surface area contributed by atoms with Crippen molar-refractivity contribution in [2.75, 3.05) is 13.2 Å². The van der Waals surface area contributed by atoms with Gasteiger partial charge in [-0.3, -0.25) is 0 Å². The maximum absolute atomic E-state index is 5.78. The molecular weight excluding hydrogens is 499 g/mol. The third-order valence-electron chi connectivity index (χ3n) is 4.55. The zero-order chi connectivity index (χ0) is 19.2. The molecule has 1 unspecified atom stereocenters. The molecule has 1 atom stereocenters. The fraction of sp³-hybridized carbons (Fsp3) is 0.333. The third-order valence-corrected chi connectivity index (χ3v) is 5.45. The zero-order valence-electron chi connectivity index (χ0n) is 16.3. The van der Waals surface area contributed by atoms with E-state index in [1.54, 1.807) is 17.6 Å². The Kier molecular flexibility index (Phi) is 7.93. The van der Waals surface area contributed by atoms with Gasteiger partial charge >= 0.3 is 0 Å². The van der Waals surface area contributed by atoms with E-state index in [1.165, 1.54) is 10.4 Å². The SMILES string of the molecule is Cc1cnc(CN=C(NCCc2ccco2)NC2CCOc3ccccc32)s1.I. The number of rotatable bonds is 6. The van der Waals surface area contributed by atoms with E-state index in [2.05, 4.69) is 28.6 Å². The number of nitrogens with one attached hydrogen (secondary N) is 2. The highest BCUT2D eigenvalue weighted by Gasteiger charge is 2.22. The normalized spacial score (nSPS) is 15.8. The van der Waals surface area contributed by atoms with Gasteiger partial charge in [0.25, 0.3) is 0 Å². The van der Waals surface area contributed by atoms with Crippen molar-refractivity contribution in [3.63, 3.8) is 0 Å². The number of guanidine groups is 1. The summed E-state index contributed by atoms with van der Waals surface area (Å²) in [4.78, 5) is 10.4. The maximum atomic E-state index is 5.78. The second-order valence-corrected chi connectivity index (χ2v) is 7.98. The first kappa shape index (κ1) is 21.6. The quantitative estimate of drug-likeness (QED) is 0.283. The van der Waals surface area contributed by atoms with Crippen molar-refractivity contribution >= 4 is 41.3 Å². The summed E-state index contributed by atoms with van der Waals surface area (Å²) >= 11 is 1.68. The van der Waals surface area contributed by atoms with E-state index in [4.69, 9.17) is 14.1 Å². The van der Waals surface area contributed by atoms with Gasteiger partial charge in [0.2, 0.25) is 0 Å². The predicted molar refractivity (Wildman–Crippen MR) is 126 cm³/mol. The van der Waals surface area contributed by atoms with Gasteiger partial charge in [-0.2, -0.15) is 0 Å². The number of nitrogens with zero attached hydrogens (tertiary/aromatic N) is 2. The molecule has 0 saturated heterocycles. The van der Waals surface area contributed by atoms with Crippen LogP contribution in [0.25, 0.3) is 0 Å². The molecule has 0 spiro atoms. The summed E-state index contributed by atoms with van der Waals surface area (Å²) in [6, 6.07) is 12.2. The Morgan fingerprint density at radius 2 is 2.17 bits per heavy atom. The van der Waals surface area contributed by atoms with E-state index in [9.17, 15) is 0 Å². The van der Waals surface area contributed by atoms with E-state index in [0.29, 0.717) is 13.2 Å². The first-order valence-corrected chi connectivity index (χ1v) is 10.3. The Labute approximate surface area is 191 Å². The molecule has 0 saturated carbocycles. The molecule has 29 heavy (non-hydrogen) atoms. The Bertz CT molecular complexity index is 926. The van der Waals surface area contributed by atoms with Gasteiger partial charge in [-0.1, -0.05) is 18.2 Å². The lowest BCUT2D eigenvalue weighted by Gasteiger charge is -2.28. The van der Waals surface area contributed by atoms with Crippen molar-refractivity contribution < 1.29 is 9.15 Å². The first-order chi connectivity index (χ1) is 13.8. The maximum Gasteiger partial charge on any atom is 0.192 e. The summed E-state index contributed by atoms with van der Waals surface area (Å²) in [6.45, 7) is 4.05.